The van der Waals surface area contributed by atoms with Crippen molar-refractivity contribution < 1.29 is 15.0 Å². The van der Waals surface area contributed by atoms with Gasteiger partial charge in [-0.1, -0.05) is 0 Å². The van der Waals surface area contributed by atoms with E-state index in [4.69, 9.17) is 5.11 Å². The third kappa shape index (κ3) is 0.748. The maximum absolute atomic E-state index is 10.6. The van der Waals surface area contributed by atoms with Crippen LogP contribution < -0.4 is 0 Å². The van der Waals surface area contributed by atoms with Crippen LogP contribution >= 0.6 is 0 Å². The van der Waals surface area contributed by atoms with Crippen molar-refractivity contribution in [2.24, 2.45) is 5.92 Å². The van der Waals surface area contributed by atoms with Crippen LogP contribution in [0.2, 0.25) is 0 Å². The van der Waals surface area contributed by atoms with Gasteiger partial charge in [-0.2, -0.15) is 5.10 Å². The predicted molar refractivity (Wildman–Crippen MR) is 46.2 cm³/mol. The van der Waals surface area contributed by atoms with Gasteiger partial charge in [-0.15, -0.1) is 0 Å². The molecule has 3 aliphatic rings. The van der Waals surface area contributed by atoms with Gasteiger partial charge in [0.1, 0.15) is 0 Å². The minimum atomic E-state index is -1.17. The molecule has 2 bridgehead atoms. The lowest BCUT2D eigenvalue weighted by Gasteiger charge is -2.61. The monoisotopic (exact) mass is 194 g/mol. The Morgan fingerprint density at radius 1 is 1.57 bits per heavy atom. The zero-order chi connectivity index (χ0) is 9.92. The molecule has 74 valence electrons. The first-order valence-corrected chi connectivity index (χ1v) is 4.63. The number of aromatic nitrogens is 2. The van der Waals surface area contributed by atoms with Crippen molar-refractivity contribution in [3.8, 4) is 5.75 Å². The molecule has 0 aromatic carbocycles. The molecule has 0 amide bonds. The molecule has 3 fully saturated rings. The average molecular weight is 194 g/mol. The number of hydrogen-bond donors (Lipinski definition) is 2. The maximum Gasteiger partial charge on any atom is 0.360 e. The van der Waals surface area contributed by atoms with Crippen LogP contribution in [0, 0.1) is 5.92 Å². The van der Waals surface area contributed by atoms with Crippen molar-refractivity contribution in [3.05, 3.63) is 11.9 Å². The number of nitrogens with zero attached hydrogens (tertiary/aromatic N) is 2. The fourth-order valence-electron chi connectivity index (χ4n) is 2.47. The highest BCUT2D eigenvalue weighted by molar-refractivity contribution is 5.88. The standard InChI is InChI=1S/C9H10N2O3/c12-6-4-11(10-7(6)8(13)14)9-1-5(2-9)3-9/h4-5,12H,1-3H2,(H,13,14). The van der Waals surface area contributed by atoms with Gasteiger partial charge in [0.2, 0.25) is 5.69 Å². The molecule has 1 aromatic rings. The summed E-state index contributed by atoms with van der Waals surface area (Å²) in [7, 11) is 0. The molecule has 0 unspecified atom stereocenters. The first kappa shape index (κ1) is 7.84. The van der Waals surface area contributed by atoms with Gasteiger partial charge in [0, 0.05) is 0 Å². The molecule has 5 heteroatoms. The van der Waals surface area contributed by atoms with E-state index in [9.17, 15) is 9.90 Å². The van der Waals surface area contributed by atoms with E-state index >= 15 is 0 Å². The highest BCUT2D eigenvalue weighted by Crippen LogP contribution is 2.62. The molecule has 0 spiro atoms. The van der Waals surface area contributed by atoms with Crippen LogP contribution in [0.15, 0.2) is 6.20 Å². The van der Waals surface area contributed by atoms with Gasteiger partial charge in [0.05, 0.1) is 11.7 Å². The van der Waals surface area contributed by atoms with Crippen LogP contribution in [0.25, 0.3) is 0 Å². The van der Waals surface area contributed by atoms with E-state index in [2.05, 4.69) is 5.10 Å². The van der Waals surface area contributed by atoms with Crippen molar-refractivity contribution in [3.63, 3.8) is 0 Å². The Hall–Kier alpha value is -1.52. The van der Waals surface area contributed by atoms with Crippen molar-refractivity contribution in [1.82, 2.24) is 9.78 Å². The van der Waals surface area contributed by atoms with Crippen molar-refractivity contribution in [2.75, 3.05) is 0 Å². The highest BCUT2D eigenvalue weighted by Gasteiger charge is 2.58. The predicted octanol–water partition coefficient (Wildman–Crippen LogP) is 0.796. The SMILES string of the molecule is O=C(O)c1nn(C23CC(C2)C3)cc1O. The number of carbonyl (C=O) groups is 1. The average Bonchev–Trinajstić information content (AvgIpc) is 2.24. The summed E-state index contributed by atoms with van der Waals surface area (Å²) in [6.45, 7) is 0. The molecule has 1 heterocycles. The summed E-state index contributed by atoms with van der Waals surface area (Å²) in [5, 5.41) is 22.0. The lowest BCUT2D eigenvalue weighted by Crippen LogP contribution is -2.59. The van der Waals surface area contributed by atoms with E-state index in [-0.39, 0.29) is 17.0 Å². The van der Waals surface area contributed by atoms with Crippen LogP contribution in [0.1, 0.15) is 29.8 Å². The quantitative estimate of drug-likeness (QED) is 0.730. The molecule has 0 atom stereocenters. The molecule has 14 heavy (non-hydrogen) atoms. The van der Waals surface area contributed by atoms with Crippen molar-refractivity contribution in [2.45, 2.75) is 24.8 Å². The number of carboxylic acids is 1. The number of carboxylic acid groups (broad SMARTS) is 1. The number of rotatable bonds is 2. The molecule has 0 aliphatic heterocycles. The molecule has 4 rings (SSSR count). The lowest BCUT2D eigenvalue weighted by molar-refractivity contribution is -0.0980. The Bertz CT molecular complexity index is 407. The first-order chi connectivity index (χ1) is 6.61. The second-order valence-electron chi connectivity index (χ2n) is 4.32. The van der Waals surface area contributed by atoms with Crippen molar-refractivity contribution >= 4 is 5.97 Å². The van der Waals surface area contributed by atoms with E-state index in [0.29, 0.717) is 0 Å². The molecule has 0 saturated heterocycles. The second kappa shape index (κ2) is 2.10. The van der Waals surface area contributed by atoms with Crippen LogP contribution in [0.3, 0.4) is 0 Å². The van der Waals surface area contributed by atoms with E-state index in [1.807, 2.05) is 0 Å². The van der Waals surface area contributed by atoms with Gasteiger partial charge in [-0.05, 0) is 25.2 Å². The normalized spacial score (nSPS) is 33.3. The van der Waals surface area contributed by atoms with Gasteiger partial charge in [-0.25, -0.2) is 4.79 Å². The summed E-state index contributed by atoms with van der Waals surface area (Å²) in [5.41, 5.74) is -0.203. The molecule has 0 radical (unpaired) electrons. The minimum Gasteiger partial charge on any atom is -0.504 e. The molecule has 5 nitrogen and oxygen atoms in total. The third-order valence-corrected chi connectivity index (χ3v) is 3.39. The number of hydrogen-bond acceptors (Lipinski definition) is 3. The first-order valence-electron chi connectivity index (χ1n) is 4.63. The second-order valence-corrected chi connectivity index (χ2v) is 4.32. The van der Waals surface area contributed by atoms with E-state index in [1.54, 1.807) is 4.68 Å². The van der Waals surface area contributed by atoms with Gasteiger partial charge in [-0.3, -0.25) is 4.68 Å². The van der Waals surface area contributed by atoms with Crippen LogP contribution in [-0.4, -0.2) is 26.0 Å². The Balaban J connectivity index is 1.99. The van der Waals surface area contributed by atoms with E-state index in [0.717, 1.165) is 25.2 Å². The molecular formula is C9H10N2O3. The van der Waals surface area contributed by atoms with Crippen LogP contribution in [-0.2, 0) is 5.54 Å². The number of aromatic hydroxyl groups is 1. The Kier molecular flexibility index (Phi) is 1.18. The van der Waals surface area contributed by atoms with E-state index in [1.165, 1.54) is 6.20 Å². The van der Waals surface area contributed by atoms with Gasteiger partial charge in [0.15, 0.2) is 5.75 Å². The van der Waals surface area contributed by atoms with Gasteiger partial charge >= 0.3 is 5.97 Å². The summed E-state index contributed by atoms with van der Waals surface area (Å²) in [6.07, 6.45) is 4.66. The Morgan fingerprint density at radius 2 is 2.21 bits per heavy atom. The molecule has 2 N–H and O–H groups in total. The minimum absolute atomic E-state index is 0.0375. The van der Waals surface area contributed by atoms with Crippen LogP contribution in [0.4, 0.5) is 0 Å². The molecular weight excluding hydrogens is 184 g/mol. The summed E-state index contributed by atoms with van der Waals surface area (Å²) in [5.74, 6) is -0.607. The number of aromatic carboxylic acids is 1. The summed E-state index contributed by atoms with van der Waals surface area (Å²) < 4.78 is 1.63. The summed E-state index contributed by atoms with van der Waals surface area (Å²) >= 11 is 0. The smallest absolute Gasteiger partial charge is 0.360 e. The van der Waals surface area contributed by atoms with Gasteiger partial charge in [0.25, 0.3) is 0 Å². The molecule has 1 aromatic heterocycles. The maximum atomic E-state index is 10.6. The molecule has 3 saturated carbocycles. The van der Waals surface area contributed by atoms with E-state index < -0.39 is 5.97 Å². The Labute approximate surface area is 80.0 Å². The zero-order valence-corrected chi connectivity index (χ0v) is 7.47. The zero-order valence-electron chi connectivity index (χ0n) is 7.47. The van der Waals surface area contributed by atoms with Gasteiger partial charge < -0.3 is 10.2 Å². The largest absolute Gasteiger partial charge is 0.504 e. The molecule has 3 aliphatic carbocycles. The Morgan fingerprint density at radius 3 is 2.57 bits per heavy atom. The van der Waals surface area contributed by atoms with Crippen LogP contribution in [0.5, 0.6) is 5.75 Å². The lowest BCUT2D eigenvalue weighted by atomic mass is 9.50. The third-order valence-electron chi connectivity index (χ3n) is 3.39. The topological polar surface area (TPSA) is 75.3 Å². The fraction of sp³-hybridized carbons (Fsp3) is 0.556. The summed E-state index contributed by atoms with van der Waals surface area (Å²) in [4.78, 5) is 10.6. The van der Waals surface area contributed by atoms with Crippen molar-refractivity contribution in [1.29, 1.82) is 0 Å². The fourth-order valence-corrected chi connectivity index (χ4v) is 2.47. The highest BCUT2D eigenvalue weighted by atomic mass is 16.4. The summed E-state index contributed by atoms with van der Waals surface area (Å²) in [6, 6.07) is 0.